The van der Waals surface area contributed by atoms with Gasteiger partial charge in [0.25, 0.3) is 0 Å². The number of amides is 6. The standard InChI is InChI=1S/C41H61N7O8S/c1-7-25(5)34(47-36(50)29(42)20-27-15-11-9-12-16-27)39(53)43-22-33(49)44-31(21-28-17-13-10-14-18-28)38(52)48-35(26(6)8-2)40(54)45-30(19-24(3)4)37(51)46-32(23-57)41(55)56/h9-18,24-26,29-32,34-35,57H,7-8,19-23,42H2,1-6H3,(H,43,53)(H,44,49)(H,45,54)(H,46,51)(H,47,50)(H,48,52)(H,55,56)/t25-,26-,29-,30-,31-,32-,34-,35-/m0/s1. The Labute approximate surface area is 341 Å². The average molecular weight is 812 g/mol. The first-order valence-corrected chi connectivity index (χ1v) is 20.1. The summed E-state index contributed by atoms with van der Waals surface area (Å²) in [7, 11) is 0. The second-order valence-electron chi connectivity index (χ2n) is 14.8. The van der Waals surface area contributed by atoms with Crippen molar-refractivity contribution in [2.45, 2.75) is 110 Å². The molecule has 0 aliphatic rings. The Kier molecular flexibility index (Phi) is 20.8. The van der Waals surface area contributed by atoms with Gasteiger partial charge in [-0.25, -0.2) is 4.79 Å². The van der Waals surface area contributed by atoms with Crippen molar-refractivity contribution in [3.05, 3.63) is 71.8 Å². The Bertz CT molecular complexity index is 1630. The number of carbonyl (C=O) groups excluding carboxylic acids is 6. The van der Waals surface area contributed by atoms with Gasteiger partial charge in [0.15, 0.2) is 0 Å². The van der Waals surface area contributed by atoms with Gasteiger partial charge in [-0.3, -0.25) is 28.8 Å². The van der Waals surface area contributed by atoms with E-state index in [-0.39, 0.29) is 36.9 Å². The molecule has 0 radical (unpaired) electrons. The van der Waals surface area contributed by atoms with E-state index in [1.54, 1.807) is 44.2 Å². The average Bonchev–Trinajstić information content (AvgIpc) is 3.18. The van der Waals surface area contributed by atoms with Gasteiger partial charge in [-0.15, -0.1) is 0 Å². The Hall–Kier alpha value is -4.96. The van der Waals surface area contributed by atoms with Crippen LogP contribution in [0.5, 0.6) is 0 Å². The summed E-state index contributed by atoms with van der Waals surface area (Å²) in [5.41, 5.74) is 7.74. The highest BCUT2D eigenvalue weighted by molar-refractivity contribution is 7.80. The number of benzene rings is 2. The van der Waals surface area contributed by atoms with Crippen molar-refractivity contribution in [2.75, 3.05) is 12.3 Å². The van der Waals surface area contributed by atoms with Crippen LogP contribution in [0.15, 0.2) is 60.7 Å². The van der Waals surface area contributed by atoms with E-state index in [1.807, 2.05) is 58.0 Å². The van der Waals surface area contributed by atoms with Crippen LogP contribution in [-0.4, -0.2) is 95.1 Å². The molecule has 0 saturated heterocycles. The molecule has 57 heavy (non-hydrogen) atoms. The Morgan fingerprint density at radius 2 is 1.09 bits per heavy atom. The van der Waals surface area contributed by atoms with Crippen molar-refractivity contribution in [1.82, 2.24) is 31.9 Å². The number of aliphatic carboxylic acids is 1. The molecule has 0 saturated carbocycles. The van der Waals surface area contributed by atoms with Crippen LogP contribution < -0.4 is 37.6 Å². The highest BCUT2D eigenvalue weighted by Crippen LogP contribution is 2.13. The summed E-state index contributed by atoms with van der Waals surface area (Å²) in [5, 5.41) is 25.3. The molecule has 0 bridgehead atoms. The molecule has 2 rings (SSSR count). The van der Waals surface area contributed by atoms with Gasteiger partial charge in [0.1, 0.15) is 30.2 Å². The van der Waals surface area contributed by atoms with E-state index < -0.39 is 90.1 Å². The SMILES string of the molecule is CC[C@H](C)[C@H](NC(=O)[C@H](Cc1ccccc1)NC(=O)CNC(=O)[C@@H](NC(=O)[C@@H](N)Cc1ccccc1)[C@@H](C)CC)C(=O)N[C@@H](CC(C)C)C(=O)N[C@@H](CS)C(=O)O. The Morgan fingerprint density at radius 1 is 0.614 bits per heavy atom. The van der Waals surface area contributed by atoms with Crippen LogP contribution in [-0.2, 0) is 46.4 Å². The molecule has 8 atom stereocenters. The molecular formula is C41H61N7O8S. The lowest BCUT2D eigenvalue weighted by Gasteiger charge is -2.29. The lowest BCUT2D eigenvalue weighted by molar-refractivity contribution is -0.141. The molecule has 0 aromatic heterocycles. The first-order chi connectivity index (χ1) is 27.0. The highest BCUT2D eigenvalue weighted by atomic mass is 32.1. The van der Waals surface area contributed by atoms with Crippen molar-refractivity contribution in [2.24, 2.45) is 23.5 Å². The summed E-state index contributed by atoms with van der Waals surface area (Å²) >= 11 is 4.00. The van der Waals surface area contributed by atoms with Crippen LogP contribution in [0.3, 0.4) is 0 Å². The first kappa shape index (κ1) is 48.2. The summed E-state index contributed by atoms with van der Waals surface area (Å²) in [6.07, 6.45) is 1.52. The molecular weight excluding hydrogens is 751 g/mol. The largest absolute Gasteiger partial charge is 0.480 e. The molecule has 0 aliphatic carbocycles. The minimum atomic E-state index is -1.27. The zero-order valence-corrected chi connectivity index (χ0v) is 34.6. The van der Waals surface area contributed by atoms with Crippen molar-refractivity contribution in [3.8, 4) is 0 Å². The van der Waals surface area contributed by atoms with Crippen LogP contribution in [0.4, 0.5) is 0 Å². The van der Waals surface area contributed by atoms with E-state index >= 15 is 0 Å². The third-order valence-electron chi connectivity index (χ3n) is 9.72. The number of nitrogens with two attached hydrogens (primary N) is 1. The molecule has 16 heteroatoms. The zero-order valence-electron chi connectivity index (χ0n) is 33.7. The van der Waals surface area contributed by atoms with Gasteiger partial charge in [-0.2, -0.15) is 12.6 Å². The van der Waals surface area contributed by atoms with Crippen molar-refractivity contribution < 1.29 is 38.7 Å². The maximum atomic E-state index is 14.0. The Morgan fingerprint density at radius 3 is 1.58 bits per heavy atom. The molecule has 0 heterocycles. The van der Waals surface area contributed by atoms with Gasteiger partial charge in [0, 0.05) is 12.2 Å². The monoisotopic (exact) mass is 811 g/mol. The smallest absolute Gasteiger partial charge is 0.327 e. The number of carboxylic acids is 1. The van der Waals surface area contributed by atoms with E-state index in [4.69, 9.17) is 5.73 Å². The van der Waals surface area contributed by atoms with Crippen LogP contribution in [0, 0.1) is 17.8 Å². The fraction of sp³-hybridized carbons (Fsp3) is 0.537. The van der Waals surface area contributed by atoms with E-state index in [9.17, 15) is 38.7 Å². The number of rotatable bonds is 24. The maximum Gasteiger partial charge on any atom is 0.327 e. The molecule has 0 spiro atoms. The highest BCUT2D eigenvalue weighted by Gasteiger charge is 2.34. The molecule has 2 aromatic rings. The van der Waals surface area contributed by atoms with E-state index in [2.05, 4.69) is 44.5 Å². The van der Waals surface area contributed by atoms with E-state index in [1.165, 1.54) is 0 Å². The van der Waals surface area contributed by atoms with Gasteiger partial charge < -0.3 is 42.7 Å². The summed E-state index contributed by atoms with van der Waals surface area (Å²) in [4.78, 5) is 92.2. The molecule has 6 amide bonds. The normalized spacial score (nSPS) is 15.3. The summed E-state index contributed by atoms with van der Waals surface area (Å²) < 4.78 is 0. The number of hydrogen-bond donors (Lipinski definition) is 9. The van der Waals surface area contributed by atoms with Gasteiger partial charge in [-0.1, -0.05) is 115 Å². The molecule has 9 N–H and O–H groups in total. The molecule has 2 aromatic carbocycles. The number of carbonyl (C=O) groups is 7. The summed E-state index contributed by atoms with van der Waals surface area (Å²) in [6, 6.07) is 11.6. The minimum Gasteiger partial charge on any atom is -0.480 e. The summed E-state index contributed by atoms with van der Waals surface area (Å²) in [5.74, 6) is -6.04. The predicted octanol–water partition coefficient (Wildman–Crippen LogP) is 1.49. The van der Waals surface area contributed by atoms with Gasteiger partial charge in [-0.05, 0) is 41.7 Å². The minimum absolute atomic E-state index is 0.0464. The van der Waals surface area contributed by atoms with Crippen molar-refractivity contribution >= 4 is 54.0 Å². The molecule has 0 aliphatic heterocycles. The fourth-order valence-corrected chi connectivity index (χ4v) is 6.13. The van der Waals surface area contributed by atoms with E-state index in [0.29, 0.717) is 18.4 Å². The molecule has 15 nitrogen and oxygen atoms in total. The quantitative estimate of drug-likeness (QED) is 0.0698. The summed E-state index contributed by atoms with van der Waals surface area (Å²) in [6.45, 7) is 10.4. The predicted molar refractivity (Wildman–Crippen MR) is 221 cm³/mol. The number of hydrogen-bond acceptors (Lipinski definition) is 9. The lowest BCUT2D eigenvalue weighted by atomic mass is 9.95. The van der Waals surface area contributed by atoms with Crippen LogP contribution in [0.1, 0.15) is 71.9 Å². The lowest BCUT2D eigenvalue weighted by Crippen LogP contribution is -2.60. The number of carboxylic acid groups (broad SMARTS) is 1. The topological polar surface area (TPSA) is 238 Å². The van der Waals surface area contributed by atoms with Gasteiger partial charge in [0.2, 0.25) is 35.4 Å². The van der Waals surface area contributed by atoms with Crippen LogP contribution >= 0.6 is 12.6 Å². The Balaban J connectivity index is 2.22. The van der Waals surface area contributed by atoms with Gasteiger partial charge in [0.05, 0.1) is 12.6 Å². The molecule has 0 unspecified atom stereocenters. The third-order valence-corrected chi connectivity index (χ3v) is 10.1. The van der Waals surface area contributed by atoms with Gasteiger partial charge >= 0.3 is 5.97 Å². The first-order valence-electron chi connectivity index (χ1n) is 19.5. The van der Waals surface area contributed by atoms with Crippen molar-refractivity contribution in [1.29, 1.82) is 0 Å². The number of nitrogens with one attached hydrogen (secondary N) is 6. The van der Waals surface area contributed by atoms with Crippen LogP contribution in [0.25, 0.3) is 0 Å². The third kappa shape index (κ3) is 16.6. The number of thiol groups is 1. The van der Waals surface area contributed by atoms with E-state index in [0.717, 1.165) is 5.56 Å². The van der Waals surface area contributed by atoms with Crippen LogP contribution in [0.2, 0.25) is 0 Å². The fourth-order valence-electron chi connectivity index (χ4n) is 5.88. The maximum absolute atomic E-state index is 14.0. The molecule has 0 fully saturated rings. The second-order valence-corrected chi connectivity index (χ2v) is 15.2. The zero-order chi connectivity index (χ0) is 42.7. The second kappa shape index (κ2) is 24.6. The van der Waals surface area contributed by atoms with Crippen molar-refractivity contribution in [3.63, 3.8) is 0 Å². The molecule has 314 valence electrons.